The van der Waals surface area contributed by atoms with Gasteiger partial charge in [-0.1, -0.05) is 11.6 Å². The first kappa shape index (κ1) is 10.4. The topological polar surface area (TPSA) is 17.1 Å². The molecule has 0 heterocycles. The van der Waals surface area contributed by atoms with Crippen LogP contribution in [0.5, 0.6) is 0 Å². The average molecular weight is 321 g/mol. The van der Waals surface area contributed by atoms with E-state index in [1.807, 2.05) is 12.1 Å². The van der Waals surface area contributed by atoms with E-state index in [1.54, 1.807) is 6.07 Å². The molecule has 0 atom stereocenters. The van der Waals surface area contributed by atoms with E-state index in [0.717, 1.165) is 9.13 Å². The quantitative estimate of drug-likeness (QED) is 0.609. The van der Waals surface area contributed by atoms with Gasteiger partial charge in [-0.25, -0.2) is 0 Å². The summed E-state index contributed by atoms with van der Waals surface area (Å²) in [5.74, 6) is 0.872. The summed E-state index contributed by atoms with van der Waals surface area (Å²) in [5.41, 5.74) is 0.782. The molecule has 0 unspecified atom stereocenters. The molecule has 0 spiro atoms. The van der Waals surface area contributed by atoms with Gasteiger partial charge in [-0.2, -0.15) is 0 Å². The minimum atomic E-state index is 0.236. The first-order chi connectivity index (χ1) is 6.66. The van der Waals surface area contributed by atoms with E-state index in [2.05, 4.69) is 22.6 Å². The van der Waals surface area contributed by atoms with Crippen LogP contribution in [0.4, 0.5) is 0 Å². The molecule has 1 aromatic rings. The fourth-order valence-electron chi connectivity index (χ4n) is 1.41. The Hall–Kier alpha value is -0.0900. The molecule has 3 heteroatoms. The number of benzene rings is 1. The Labute approximate surface area is 102 Å². The molecule has 1 saturated carbocycles. The molecule has 0 saturated heterocycles. The minimum Gasteiger partial charge on any atom is -0.294 e. The lowest BCUT2D eigenvalue weighted by molar-refractivity contribution is 0.0975. The normalized spacial score (nSPS) is 15.6. The molecule has 1 aliphatic carbocycles. The molecular formula is C11H10ClIO. The fourth-order valence-corrected chi connectivity index (χ4v) is 2.21. The van der Waals surface area contributed by atoms with Crippen molar-refractivity contribution < 1.29 is 4.79 Å². The zero-order valence-corrected chi connectivity index (χ0v) is 10.5. The van der Waals surface area contributed by atoms with Gasteiger partial charge < -0.3 is 0 Å². The summed E-state index contributed by atoms with van der Waals surface area (Å²) >= 11 is 8.04. The van der Waals surface area contributed by atoms with Gasteiger partial charge >= 0.3 is 0 Å². The van der Waals surface area contributed by atoms with E-state index >= 15 is 0 Å². The van der Waals surface area contributed by atoms with Crippen LogP contribution in [0.1, 0.15) is 29.6 Å². The molecule has 0 radical (unpaired) electrons. The second-order valence-corrected chi connectivity index (χ2v) is 5.29. The SMILES string of the molecule is O=C(CC1CC1)c1cc(Cl)ccc1I. The summed E-state index contributed by atoms with van der Waals surface area (Å²) in [6, 6.07) is 5.48. The van der Waals surface area contributed by atoms with E-state index in [1.165, 1.54) is 12.8 Å². The lowest BCUT2D eigenvalue weighted by atomic mass is 10.1. The van der Waals surface area contributed by atoms with Gasteiger partial charge in [-0.05, 0) is 59.5 Å². The van der Waals surface area contributed by atoms with Crippen molar-refractivity contribution in [2.45, 2.75) is 19.3 Å². The van der Waals surface area contributed by atoms with Crippen LogP contribution < -0.4 is 0 Å². The van der Waals surface area contributed by atoms with Gasteiger partial charge in [0.25, 0.3) is 0 Å². The van der Waals surface area contributed by atoms with Crippen molar-refractivity contribution in [1.82, 2.24) is 0 Å². The highest BCUT2D eigenvalue weighted by Crippen LogP contribution is 2.34. The number of rotatable bonds is 3. The molecule has 0 aliphatic heterocycles. The first-order valence-corrected chi connectivity index (χ1v) is 6.11. The smallest absolute Gasteiger partial charge is 0.164 e. The van der Waals surface area contributed by atoms with Gasteiger partial charge in [0.1, 0.15) is 0 Å². The number of ketones is 1. The molecule has 0 N–H and O–H groups in total. The standard InChI is InChI=1S/C11H10ClIO/c12-8-3-4-10(13)9(6-8)11(14)5-7-1-2-7/h3-4,6-7H,1-2,5H2. The maximum Gasteiger partial charge on any atom is 0.164 e. The Balaban J connectivity index is 2.20. The number of carbonyl (C=O) groups is 1. The van der Waals surface area contributed by atoms with Crippen molar-refractivity contribution in [3.63, 3.8) is 0 Å². The predicted molar refractivity (Wildman–Crippen MR) is 65.8 cm³/mol. The Morgan fingerprint density at radius 1 is 1.50 bits per heavy atom. The van der Waals surface area contributed by atoms with Crippen molar-refractivity contribution >= 4 is 40.0 Å². The maximum atomic E-state index is 11.8. The van der Waals surface area contributed by atoms with Gasteiger partial charge in [-0.3, -0.25) is 4.79 Å². The van der Waals surface area contributed by atoms with Crippen LogP contribution >= 0.6 is 34.2 Å². The second kappa shape index (κ2) is 4.19. The number of Topliss-reactive ketones (excluding diaryl/α,β-unsaturated/α-hetero) is 1. The number of hydrogen-bond donors (Lipinski definition) is 0. The number of carbonyl (C=O) groups excluding carboxylic acids is 1. The van der Waals surface area contributed by atoms with Crippen LogP contribution in [0.15, 0.2) is 18.2 Å². The highest BCUT2D eigenvalue weighted by molar-refractivity contribution is 14.1. The Morgan fingerprint density at radius 3 is 2.86 bits per heavy atom. The first-order valence-electron chi connectivity index (χ1n) is 4.65. The molecular weight excluding hydrogens is 310 g/mol. The molecule has 14 heavy (non-hydrogen) atoms. The summed E-state index contributed by atoms with van der Waals surface area (Å²) < 4.78 is 0.998. The van der Waals surface area contributed by atoms with Gasteiger partial charge in [0.2, 0.25) is 0 Å². The lowest BCUT2D eigenvalue weighted by Crippen LogP contribution is -2.02. The van der Waals surface area contributed by atoms with Crippen LogP contribution in [0.3, 0.4) is 0 Å². The molecule has 0 bridgehead atoms. The maximum absolute atomic E-state index is 11.8. The van der Waals surface area contributed by atoms with Crippen LogP contribution in [-0.4, -0.2) is 5.78 Å². The lowest BCUT2D eigenvalue weighted by Gasteiger charge is -2.03. The van der Waals surface area contributed by atoms with Crippen molar-refractivity contribution in [3.05, 3.63) is 32.4 Å². The Kier molecular flexibility index (Phi) is 3.12. The highest BCUT2D eigenvalue weighted by atomic mass is 127. The molecule has 1 fully saturated rings. The van der Waals surface area contributed by atoms with Crippen molar-refractivity contribution in [1.29, 1.82) is 0 Å². The molecule has 74 valence electrons. The van der Waals surface area contributed by atoms with E-state index in [4.69, 9.17) is 11.6 Å². The third-order valence-corrected chi connectivity index (χ3v) is 3.58. The van der Waals surface area contributed by atoms with Gasteiger partial charge in [0.05, 0.1) is 0 Å². The van der Waals surface area contributed by atoms with Crippen molar-refractivity contribution in [2.75, 3.05) is 0 Å². The molecule has 1 aliphatic rings. The minimum absolute atomic E-state index is 0.236. The molecule has 1 aromatic carbocycles. The van der Waals surface area contributed by atoms with Crippen LogP contribution in [-0.2, 0) is 0 Å². The summed E-state index contributed by atoms with van der Waals surface area (Å²) in [5, 5.41) is 0.643. The van der Waals surface area contributed by atoms with E-state index in [9.17, 15) is 4.79 Å². The van der Waals surface area contributed by atoms with Crippen molar-refractivity contribution in [2.24, 2.45) is 5.92 Å². The second-order valence-electron chi connectivity index (χ2n) is 3.69. The average Bonchev–Trinajstić information content (AvgIpc) is 2.93. The third-order valence-electron chi connectivity index (χ3n) is 2.40. The fraction of sp³-hybridized carbons (Fsp3) is 0.364. The zero-order valence-electron chi connectivity index (χ0n) is 7.59. The van der Waals surface area contributed by atoms with Gasteiger partial charge in [0, 0.05) is 20.6 Å². The Bertz CT molecular complexity index is 372. The molecule has 0 aromatic heterocycles. The van der Waals surface area contributed by atoms with Crippen LogP contribution in [0, 0.1) is 9.49 Å². The largest absolute Gasteiger partial charge is 0.294 e. The summed E-state index contributed by atoms with van der Waals surface area (Å²) in [7, 11) is 0. The summed E-state index contributed by atoms with van der Waals surface area (Å²) in [6.45, 7) is 0. The molecule has 0 amide bonds. The number of halogens is 2. The van der Waals surface area contributed by atoms with E-state index < -0.39 is 0 Å². The monoisotopic (exact) mass is 320 g/mol. The zero-order chi connectivity index (χ0) is 10.1. The predicted octanol–water partition coefficient (Wildman–Crippen LogP) is 3.93. The number of hydrogen-bond acceptors (Lipinski definition) is 1. The molecule has 1 nitrogen and oxygen atoms in total. The van der Waals surface area contributed by atoms with E-state index in [-0.39, 0.29) is 5.78 Å². The highest BCUT2D eigenvalue weighted by Gasteiger charge is 2.25. The van der Waals surface area contributed by atoms with Gasteiger partial charge in [-0.15, -0.1) is 0 Å². The Morgan fingerprint density at radius 2 is 2.21 bits per heavy atom. The van der Waals surface area contributed by atoms with Gasteiger partial charge in [0.15, 0.2) is 5.78 Å². The summed E-state index contributed by atoms with van der Waals surface area (Å²) in [6.07, 6.45) is 3.11. The third kappa shape index (κ3) is 2.48. The van der Waals surface area contributed by atoms with Crippen LogP contribution in [0.2, 0.25) is 5.02 Å². The molecule has 2 rings (SSSR count). The summed E-state index contributed by atoms with van der Waals surface area (Å²) in [4.78, 5) is 11.8. The van der Waals surface area contributed by atoms with Crippen molar-refractivity contribution in [3.8, 4) is 0 Å². The van der Waals surface area contributed by atoms with E-state index in [0.29, 0.717) is 17.4 Å². The van der Waals surface area contributed by atoms with Crippen LogP contribution in [0.25, 0.3) is 0 Å².